The number of anilines is 2. The third-order valence-electron chi connectivity index (χ3n) is 1.49. The van der Waals surface area contributed by atoms with E-state index < -0.39 is 6.43 Å². The lowest BCUT2D eigenvalue weighted by Crippen LogP contribution is -2.03. The highest BCUT2D eigenvalue weighted by atomic mass is 19.3. The van der Waals surface area contributed by atoms with Gasteiger partial charge in [-0.05, 0) is 6.07 Å². The van der Waals surface area contributed by atoms with Crippen molar-refractivity contribution in [2.24, 2.45) is 0 Å². The molecule has 0 aliphatic rings. The maximum atomic E-state index is 12.4. The van der Waals surface area contributed by atoms with Crippen LogP contribution in [0.3, 0.4) is 0 Å². The van der Waals surface area contributed by atoms with Crippen LogP contribution in [0.2, 0.25) is 0 Å². The topological polar surface area (TPSA) is 74.2 Å². The van der Waals surface area contributed by atoms with Gasteiger partial charge in [0, 0.05) is 0 Å². The van der Waals surface area contributed by atoms with Crippen molar-refractivity contribution in [1.29, 1.82) is 0 Å². The van der Waals surface area contributed by atoms with Crippen LogP contribution < -0.4 is 16.2 Å². The van der Waals surface area contributed by atoms with Gasteiger partial charge in [0.2, 0.25) is 0 Å². The maximum Gasteiger partial charge on any atom is 0.267 e. The molecule has 0 fully saturated rings. The van der Waals surface area contributed by atoms with E-state index in [1.165, 1.54) is 7.11 Å². The highest BCUT2D eigenvalue weighted by Crippen LogP contribution is 2.33. The van der Waals surface area contributed by atoms with Crippen LogP contribution in [0.25, 0.3) is 0 Å². The highest BCUT2D eigenvalue weighted by Gasteiger charge is 2.17. The molecule has 0 radical (unpaired) electrons. The number of alkyl halides is 2. The van der Waals surface area contributed by atoms with Crippen molar-refractivity contribution >= 4 is 11.6 Å². The van der Waals surface area contributed by atoms with E-state index in [1.54, 1.807) is 0 Å². The normalized spacial score (nSPS) is 10.5. The van der Waals surface area contributed by atoms with Gasteiger partial charge in [0.1, 0.15) is 5.82 Å². The molecule has 0 aromatic carbocycles. The zero-order chi connectivity index (χ0) is 10.0. The van der Waals surface area contributed by atoms with E-state index in [9.17, 15) is 8.78 Å². The Hall–Kier alpha value is -1.59. The fourth-order valence-electron chi connectivity index (χ4n) is 0.979. The fourth-order valence-corrected chi connectivity index (χ4v) is 0.979. The Balaban J connectivity index is 3.29. The van der Waals surface area contributed by atoms with E-state index in [2.05, 4.69) is 9.72 Å². The standard InChI is InChI=1S/C7H9F2N3O/c1-13-5-3(6(8)9)2-4(10)12-7(5)11/h2,6H,1H3,(H4,10,11,12). The molecule has 0 amide bonds. The molecule has 0 aliphatic heterocycles. The third-order valence-corrected chi connectivity index (χ3v) is 1.49. The van der Waals surface area contributed by atoms with E-state index in [-0.39, 0.29) is 22.9 Å². The van der Waals surface area contributed by atoms with Crippen LogP contribution in [0.1, 0.15) is 12.0 Å². The van der Waals surface area contributed by atoms with Gasteiger partial charge in [-0.25, -0.2) is 13.8 Å². The molecule has 4 N–H and O–H groups in total. The van der Waals surface area contributed by atoms with Crippen LogP contribution in [0.4, 0.5) is 20.4 Å². The van der Waals surface area contributed by atoms with Crippen molar-refractivity contribution in [3.63, 3.8) is 0 Å². The lowest BCUT2D eigenvalue weighted by molar-refractivity contribution is 0.147. The van der Waals surface area contributed by atoms with Gasteiger partial charge in [-0.15, -0.1) is 0 Å². The molecule has 0 unspecified atom stereocenters. The Morgan fingerprint density at radius 2 is 2.08 bits per heavy atom. The first kappa shape index (κ1) is 9.50. The van der Waals surface area contributed by atoms with Gasteiger partial charge in [-0.1, -0.05) is 0 Å². The van der Waals surface area contributed by atoms with Crippen molar-refractivity contribution in [2.45, 2.75) is 6.43 Å². The molecule has 0 saturated heterocycles. The predicted molar refractivity (Wildman–Crippen MR) is 44.6 cm³/mol. The molecule has 1 rings (SSSR count). The molecule has 13 heavy (non-hydrogen) atoms. The summed E-state index contributed by atoms with van der Waals surface area (Å²) < 4.78 is 29.4. The molecule has 1 aromatic heterocycles. The van der Waals surface area contributed by atoms with Gasteiger partial charge >= 0.3 is 0 Å². The molecule has 4 nitrogen and oxygen atoms in total. The number of aromatic nitrogens is 1. The Bertz CT molecular complexity index is 317. The summed E-state index contributed by atoms with van der Waals surface area (Å²) in [6, 6.07) is 1.04. The van der Waals surface area contributed by atoms with E-state index in [1.807, 2.05) is 0 Å². The van der Waals surface area contributed by atoms with Crippen molar-refractivity contribution in [2.75, 3.05) is 18.6 Å². The first-order valence-corrected chi connectivity index (χ1v) is 3.44. The Labute approximate surface area is 73.5 Å². The zero-order valence-electron chi connectivity index (χ0n) is 6.92. The Morgan fingerprint density at radius 3 is 2.54 bits per heavy atom. The Kier molecular flexibility index (Phi) is 2.50. The van der Waals surface area contributed by atoms with Crippen LogP contribution in [-0.4, -0.2) is 12.1 Å². The lowest BCUT2D eigenvalue weighted by atomic mass is 10.2. The number of nitrogens with two attached hydrogens (primary N) is 2. The average molecular weight is 189 g/mol. The molecule has 0 bridgehead atoms. The summed E-state index contributed by atoms with van der Waals surface area (Å²) in [7, 11) is 1.25. The number of nitrogens with zero attached hydrogens (tertiary/aromatic N) is 1. The quantitative estimate of drug-likeness (QED) is 0.732. The zero-order valence-corrected chi connectivity index (χ0v) is 6.92. The van der Waals surface area contributed by atoms with Gasteiger partial charge in [0.05, 0.1) is 12.7 Å². The minimum absolute atomic E-state index is 0.0476. The van der Waals surface area contributed by atoms with Crippen LogP contribution in [-0.2, 0) is 0 Å². The monoisotopic (exact) mass is 189 g/mol. The molecule has 0 spiro atoms. The number of rotatable bonds is 2. The van der Waals surface area contributed by atoms with E-state index in [4.69, 9.17) is 11.5 Å². The second-order valence-electron chi connectivity index (χ2n) is 2.36. The van der Waals surface area contributed by atoms with Crippen molar-refractivity contribution in [3.05, 3.63) is 11.6 Å². The van der Waals surface area contributed by atoms with Crippen molar-refractivity contribution in [3.8, 4) is 5.75 Å². The summed E-state index contributed by atoms with van der Waals surface area (Å²) in [5.41, 5.74) is 10.2. The number of pyridine rings is 1. The van der Waals surface area contributed by atoms with E-state index in [0.717, 1.165) is 6.07 Å². The second kappa shape index (κ2) is 3.42. The summed E-state index contributed by atoms with van der Waals surface area (Å²) in [5.74, 6) is -0.296. The number of hydrogen-bond acceptors (Lipinski definition) is 4. The third kappa shape index (κ3) is 1.77. The largest absolute Gasteiger partial charge is 0.492 e. The van der Waals surface area contributed by atoms with Gasteiger partial charge in [-0.3, -0.25) is 0 Å². The fraction of sp³-hybridized carbons (Fsp3) is 0.286. The SMILES string of the molecule is COc1c(C(F)F)cc(N)nc1N. The summed E-state index contributed by atoms with van der Waals surface area (Å²) in [4.78, 5) is 3.58. The minimum Gasteiger partial charge on any atom is -0.492 e. The molecular weight excluding hydrogens is 180 g/mol. The highest BCUT2D eigenvalue weighted by molar-refractivity contribution is 5.56. The number of methoxy groups -OCH3 is 1. The summed E-state index contributed by atoms with van der Waals surface area (Å²) in [5, 5.41) is 0. The van der Waals surface area contributed by atoms with Gasteiger partial charge < -0.3 is 16.2 Å². The molecule has 1 heterocycles. The second-order valence-corrected chi connectivity index (χ2v) is 2.36. The predicted octanol–water partition coefficient (Wildman–Crippen LogP) is 1.19. The molecule has 72 valence electrons. The molecule has 0 atom stereocenters. The smallest absolute Gasteiger partial charge is 0.267 e. The van der Waals surface area contributed by atoms with E-state index in [0.29, 0.717) is 0 Å². The van der Waals surface area contributed by atoms with Crippen molar-refractivity contribution in [1.82, 2.24) is 4.98 Å². The molecule has 0 saturated carbocycles. The number of nitrogen functional groups attached to an aromatic ring is 2. The number of ether oxygens (including phenoxy) is 1. The molecule has 1 aromatic rings. The Morgan fingerprint density at radius 1 is 1.46 bits per heavy atom. The average Bonchev–Trinajstić information content (AvgIpc) is 2.02. The van der Waals surface area contributed by atoms with Crippen LogP contribution in [0.5, 0.6) is 5.75 Å². The number of halogens is 2. The summed E-state index contributed by atoms with van der Waals surface area (Å²) >= 11 is 0. The van der Waals surface area contributed by atoms with Crippen LogP contribution in [0.15, 0.2) is 6.07 Å². The van der Waals surface area contributed by atoms with Crippen LogP contribution >= 0.6 is 0 Å². The summed E-state index contributed by atoms with van der Waals surface area (Å²) in [6.07, 6.45) is -2.68. The lowest BCUT2D eigenvalue weighted by Gasteiger charge is -2.09. The summed E-state index contributed by atoms with van der Waals surface area (Å²) in [6.45, 7) is 0. The van der Waals surface area contributed by atoms with Gasteiger partial charge in [0.25, 0.3) is 6.43 Å². The van der Waals surface area contributed by atoms with Gasteiger partial charge in [-0.2, -0.15) is 0 Å². The minimum atomic E-state index is -2.68. The van der Waals surface area contributed by atoms with Gasteiger partial charge in [0.15, 0.2) is 11.6 Å². The molecular formula is C7H9F2N3O. The number of hydrogen-bond donors (Lipinski definition) is 2. The van der Waals surface area contributed by atoms with Crippen LogP contribution in [0, 0.1) is 0 Å². The molecule has 0 aliphatic carbocycles. The van der Waals surface area contributed by atoms with Crippen molar-refractivity contribution < 1.29 is 13.5 Å². The maximum absolute atomic E-state index is 12.4. The molecule has 6 heteroatoms. The van der Waals surface area contributed by atoms with E-state index >= 15 is 0 Å². The first-order chi connectivity index (χ1) is 6.06. The first-order valence-electron chi connectivity index (χ1n) is 3.44.